The first-order valence-electron chi connectivity index (χ1n) is 8.00. The van der Waals surface area contributed by atoms with Crippen molar-refractivity contribution >= 4 is 5.82 Å². The number of anilines is 1. The van der Waals surface area contributed by atoms with Crippen molar-refractivity contribution in [2.45, 2.75) is 25.4 Å². The van der Waals surface area contributed by atoms with Crippen molar-refractivity contribution in [1.29, 1.82) is 0 Å². The molecule has 0 spiro atoms. The Morgan fingerprint density at radius 2 is 2.33 bits per heavy atom. The predicted molar refractivity (Wildman–Crippen MR) is 86.1 cm³/mol. The second-order valence-electron chi connectivity index (χ2n) is 5.73. The van der Waals surface area contributed by atoms with E-state index in [0.29, 0.717) is 24.3 Å². The van der Waals surface area contributed by atoms with Crippen LogP contribution in [0.2, 0.25) is 0 Å². The van der Waals surface area contributed by atoms with Gasteiger partial charge in [-0.3, -0.25) is 0 Å². The van der Waals surface area contributed by atoms with Gasteiger partial charge in [0.25, 0.3) is 0 Å². The summed E-state index contributed by atoms with van der Waals surface area (Å²) < 4.78 is 10.3. The fourth-order valence-electron chi connectivity index (χ4n) is 2.98. The number of hydrogen-bond donors (Lipinski definition) is 1. The molecule has 1 fully saturated rings. The minimum atomic E-state index is 0.401. The van der Waals surface area contributed by atoms with Gasteiger partial charge in [0.15, 0.2) is 5.82 Å². The molecule has 4 rings (SSSR count). The van der Waals surface area contributed by atoms with E-state index >= 15 is 0 Å². The van der Waals surface area contributed by atoms with Crippen LogP contribution in [0.5, 0.6) is 0 Å². The van der Waals surface area contributed by atoms with Crippen molar-refractivity contribution in [3.63, 3.8) is 0 Å². The van der Waals surface area contributed by atoms with Gasteiger partial charge in [0, 0.05) is 25.3 Å². The molecular formula is C16H18N6O2. The maximum Gasteiger partial charge on any atom is 0.240 e. The van der Waals surface area contributed by atoms with Gasteiger partial charge in [-0.1, -0.05) is 5.16 Å². The molecule has 0 saturated carbocycles. The van der Waals surface area contributed by atoms with Crippen molar-refractivity contribution in [3.8, 4) is 11.4 Å². The summed E-state index contributed by atoms with van der Waals surface area (Å²) in [5.74, 6) is 2.04. The van der Waals surface area contributed by atoms with Crippen LogP contribution in [0.15, 0.2) is 45.9 Å². The summed E-state index contributed by atoms with van der Waals surface area (Å²) in [7, 11) is 0. The normalized spacial score (nSPS) is 17.5. The molecule has 3 aromatic rings. The van der Waals surface area contributed by atoms with Gasteiger partial charge in [0.1, 0.15) is 6.26 Å². The number of nitrogens with one attached hydrogen (secondary N) is 1. The summed E-state index contributed by atoms with van der Waals surface area (Å²) in [6.07, 6.45) is 7.17. The average Bonchev–Trinajstić information content (AvgIpc) is 3.37. The van der Waals surface area contributed by atoms with Crippen LogP contribution in [0.1, 0.15) is 18.7 Å². The van der Waals surface area contributed by atoms with Gasteiger partial charge in [0.2, 0.25) is 11.7 Å². The van der Waals surface area contributed by atoms with E-state index in [1.54, 1.807) is 24.8 Å². The lowest BCUT2D eigenvalue weighted by molar-refractivity contribution is 0.365. The van der Waals surface area contributed by atoms with Crippen LogP contribution in [-0.2, 0) is 6.54 Å². The van der Waals surface area contributed by atoms with Crippen molar-refractivity contribution in [3.05, 3.63) is 42.8 Å². The average molecular weight is 326 g/mol. The third kappa shape index (κ3) is 3.13. The highest BCUT2D eigenvalue weighted by Gasteiger charge is 2.25. The molecule has 8 heteroatoms. The molecule has 0 unspecified atom stereocenters. The summed E-state index contributed by atoms with van der Waals surface area (Å²) in [6, 6.07) is 6.12. The van der Waals surface area contributed by atoms with Crippen LogP contribution >= 0.6 is 0 Å². The molecule has 1 N–H and O–H groups in total. The van der Waals surface area contributed by atoms with Gasteiger partial charge in [-0.25, -0.2) is 0 Å². The molecule has 0 aliphatic carbocycles. The third-order valence-electron chi connectivity index (χ3n) is 4.13. The molecule has 1 aliphatic rings. The fraction of sp³-hybridized carbons (Fsp3) is 0.375. The molecule has 0 amide bonds. The zero-order valence-corrected chi connectivity index (χ0v) is 13.1. The summed E-state index contributed by atoms with van der Waals surface area (Å²) >= 11 is 0. The molecule has 1 aliphatic heterocycles. The number of aromatic nitrogens is 4. The zero-order valence-electron chi connectivity index (χ0n) is 13.1. The Hall–Kier alpha value is -2.74. The maximum atomic E-state index is 5.26. The third-order valence-corrected chi connectivity index (χ3v) is 4.13. The lowest BCUT2D eigenvalue weighted by Crippen LogP contribution is -2.38. The molecule has 24 heavy (non-hydrogen) atoms. The lowest BCUT2D eigenvalue weighted by atomic mass is 10.2. The Balaban J connectivity index is 1.32. The van der Waals surface area contributed by atoms with Crippen LogP contribution in [0.25, 0.3) is 11.4 Å². The van der Waals surface area contributed by atoms with Crippen LogP contribution in [0.4, 0.5) is 5.82 Å². The van der Waals surface area contributed by atoms with Crippen molar-refractivity contribution < 1.29 is 8.94 Å². The molecule has 124 valence electrons. The van der Waals surface area contributed by atoms with E-state index < -0.39 is 0 Å². The standard InChI is InChI=1S/C16H18N6O2/c1-4-14(20-18-6-1)22-7-2-3-13(22)9-17-10-15-19-16(21-24-15)12-5-8-23-11-12/h1,4-6,8,11,13,17H,2-3,7,9-10H2/t13-/m0/s1. The van der Waals surface area contributed by atoms with E-state index in [2.05, 4.69) is 30.6 Å². The minimum absolute atomic E-state index is 0.401. The fourth-order valence-corrected chi connectivity index (χ4v) is 2.98. The zero-order chi connectivity index (χ0) is 16.2. The van der Waals surface area contributed by atoms with E-state index in [1.165, 1.54) is 0 Å². The van der Waals surface area contributed by atoms with Crippen LogP contribution in [0, 0.1) is 0 Å². The molecule has 0 radical (unpaired) electrons. The molecule has 1 saturated heterocycles. The molecule has 1 atom stereocenters. The first-order valence-corrected chi connectivity index (χ1v) is 8.00. The van der Waals surface area contributed by atoms with Crippen molar-refractivity contribution in [2.75, 3.05) is 18.0 Å². The van der Waals surface area contributed by atoms with E-state index in [1.807, 2.05) is 12.1 Å². The van der Waals surface area contributed by atoms with Crippen molar-refractivity contribution in [2.24, 2.45) is 0 Å². The number of rotatable bonds is 6. The van der Waals surface area contributed by atoms with Gasteiger partial charge in [-0.05, 0) is 31.0 Å². The van der Waals surface area contributed by atoms with Crippen LogP contribution in [-0.4, -0.2) is 39.5 Å². The number of furan rings is 1. The first kappa shape index (κ1) is 14.8. The smallest absolute Gasteiger partial charge is 0.240 e. The Kier molecular flexibility index (Phi) is 4.20. The Morgan fingerprint density at radius 3 is 3.17 bits per heavy atom. The van der Waals surface area contributed by atoms with Gasteiger partial charge in [-0.15, -0.1) is 5.10 Å². The monoisotopic (exact) mass is 326 g/mol. The largest absolute Gasteiger partial charge is 0.472 e. The SMILES string of the molecule is c1cnnc(N2CCC[C@H]2CNCc2nc(-c3ccoc3)no2)c1. The van der Waals surface area contributed by atoms with Crippen LogP contribution in [0.3, 0.4) is 0 Å². The van der Waals surface area contributed by atoms with Crippen molar-refractivity contribution in [1.82, 2.24) is 25.7 Å². The maximum absolute atomic E-state index is 5.26. The highest BCUT2D eigenvalue weighted by Crippen LogP contribution is 2.22. The molecule has 0 bridgehead atoms. The second kappa shape index (κ2) is 6.79. The highest BCUT2D eigenvalue weighted by atomic mass is 16.5. The molecular weight excluding hydrogens is 308 g/mol. The predicted octanol–water partition coefficient (Wildman–Crippen LogP) is 1.88. The summed E-state index contributed by atoms with van der Waals surface area (Å²) in [5, 5.41) is 15.5. The van der Waals surface area contributed by atoms with Crippen LogP contribution < -0.4 is 10.2 Å². The lowest BCUT2D eigenvalue weighted by Gasteiger charge is -2.25. The molecule has 3 aromatic heterocycles. The van der Waals surface area contributed by atoms with Gasteiger partial charge in [0.05, 0.1) is 18.4 Å². The summed E-state index contributed by atoms with van der Waals surface area (Å²) in [4.78, 5) is 6.65. The van der Waals surface area contributed by atoms with Gasteiger partial charge in [-0.2, -0.15) is 10.1 Å². The van der Waals surface area contributed by atoms with Gasteiger partial charge < -0.3 is 19.2 Å². The first-order chi connectivity index (χ1) is 11.9. The molecule has 0 aromatic carbocycles. The summed E-state index contributed by atoms with van der Waals surface area (Å²) in [5.41, 5.74) is 0.814. The van der Waals surface area contributed by atoms with Gasteiger partial charge >= 0.3 is 0 Å². The van der Waals surface area contributed by atoms with E-state index in [4.69, 9.17) is 8.94 Å². The minimum Gasteiger partial charge on any atom is -0.472 e. The highest BCUT2D eigenvalue weighted by molar-refractivity contribution is 5.51. The number of hydrogen-bond acceptors (Lipinski definition) is 8. The Bertz CT molecular complexity index is 758. The Morgan fingerprint density at radius 1 is 1.33 bits per heavy atom. The quantitative estimate of drug-likeness (QED) is 0.734. The number of nitrogens with zero attached hydrogens (tertiary/aromatic N) is 5. The Labute approximate surface area is 138 Å². The second-order valence-corrected chi connectivity index (χ2v) is 5.73. The van der Waals surface area contributed by atoms with E-state index in [-0.39, 0.29) is 0 Å². The summed E-state index contributed by atoms with van der Waals surface area (Å²) in [6.45, 7) is 2.38. The van der Waals surface area contributed by atoms with E-state index in [0.717, 1.165) is 37.3 Å². The topological polar surface area (TPSA) is 93.1 Å². The van der Waals surface area contributed by atoms with E-state index in [9.17, 15) is 0 Å². The molecule has 8 nitrogen and oxygen atoms in total. The molecule has 4 heterocycles.